The van der Waals surface area contributed by atoms with Crippen LogP contribution < -0.4 is 0 Å². The molecule has 96 valence electrons. The molecule has 0 N–H and O–H groups in total. The average molecular weight is 244 g/mol. The molecule has 0 unspecified atom stereocenters. The fourth-order valence-electron chi connectivity index (χ4n) is 1.86. The van der Waals surface area contributed by atoms with E-state index in [2.05, 4.69) is 6.26 Å². The zero-order chi connectivity index (χ0) is 12.1. The van der Waals surface area contributed by atoms with Gasteiger partial charge in [-0.25, -0.2) is 0 Å². The van der Waals surface area contributed by atoms with Crippen LogP contribution in [0.15, 0.2) is 0 Å². The van der Waals surface area contributed by atoms with Gasteiger partial charge in [0, 0.05) is 6.42 Å². The van der Waals surface area contributed by atoms with Gasteiger partial charge >= 0.3 is 0 Å². The normalized spacial score (nSPS) is 10.6. The maximum atomic E-state index is 10.7. The quantitative estimate of drug-likeness (QED) is 0.457. The van der Waals surface area contributed by atoms with Gasteiger partial charge in [0.05, 0.1) is 0 Å². The van der Waals surface area contributed by atoms with Crippen LogP contribution in [-0.4, -0.2) is 17.8 Å². The summed E-state index contributed by atoms with van der Waals surface area (Å²) >= 11 is 1.95. The molecule has 0 saturated carbocycles. The Labute approximate surface area is 106 Å². The maximum absolute atomic E-state index is 10.7. The minimum atomic E-state index is 0.341. The number of ketones is 1. The molecule has 0 bridgehead atoms. The van der Waals surface area contributed by atoms with Crippen LogP contribution in [0.3, 0.4) is 0 Å². The monoisotopic (exact) mass is 244 g/mol. The van der Waals surface area contributed by atoms with E-state index in [1.807, 2.05) is 11.8 Å². The summed E-state index contributed by atoms with van der Waals surface area (Å²) in [6, 6.07) is 0. The highest BCUT2D eigenvalue weighted by atomic mass is 32.2. The summed E-state index contributed by atoms with van der Waals surface area (Å²) < 4.78 is 0. The van der Waals surface area contributed by atoms with Gasteiger partial charge in [0.1, 0.15) is 5.78 Å². The Hall–Kier alpha value is 0.0200. The number of hydrogen-bond acceptors (Lipinski definition) is 2. The van der Waals surface area contributed by atoms with E-state index in [0.717, 1.165) is 12.8 Å². The Morgan fingerprint density at radius 3 is 1.69 bits per heavy atom. The molecule has 0 spiro atoms. The highest BCUT2D eigenvalue weighted by molar-refractivity contribution is 7.98. The molecule has 0 atom stereocenters. The molecule has 0 aromatic heterocycles. The number of rotatable bonds is 12. The summed E-state index contributed by atoms with van der Waals surface area (Å²) in [4.78, 5) is 10.7. The summed E-state index contributed by atoms with van der Waals surface area (Å²) in [7, 11) is 0. The Morgan fingerprint density at radius 2 is 1.25 bits per heavy atom. The second kappa shape index (κ2) is 13.1. The largest absolute Gasteiger partial charge is 0.300 e. The molecule has 0 aromatic carbocycles. The summed E-state index contributed by atoms with van der Waals surface area (Å²) in [5, 5.41) is 0. The first-order valence-corrected chi connectivity index (χ1v) is 8.15. The van der Waals surface area contributed by atoms with E-state index in [4.69, 9.17) is 0 Å². The lowest BCUT2D eigenvalue weighted by Crippen LogP contribution is -1.89. The highest BCUT2D eigenvalue weighted by Crippen LogP contribution is 2.11. The third-order valence-corrected chi connectivity index (χ3v) is 3.57. The number of thioether (sulfide) groups is 1. The second-order valence-electron chi connectivity index (χ2n) is 4.63. The minimum Gasteiger partial charge on any atom is -0.300 e. The Morgan fingerprint density at radius 1 is 0.812 bits per heavy atom. The van der Waals surface area contributed by atoms with Crippen LogP contribution in [0.4, 0.5) is 0 Å². The first-order valence-electron chi connectivity index (χ1n) is 6.75. The molecule has 0 aromatic rings. The van der Waals surface area contributed by atoms with Crippen molar-refractivity contribution in [3.63, 3.8) is 0 Å². The van der Waals surface area contributed by atoms with Crippen molar-refractivity contribution in [1.29, 1.82) is 0 Å². The molecule has 2 heteroatoms. The van der Waals surface area contributed by atoms with Crippen molar-refractivity contribution in [3.8, 4) is 0 Å². The van der Waals surface area contributed by atoms with E-state index >= 15 is 0 Å². The Kier molecular flexibility index (Phi) is 13.1. The molecule has 16 heavy (non-hydrogen) atoms. The van der Waals surface area contributed by atoms with Gasteiger partial charge in [0.25, 0.3) is 0 Å². The van der Waals surface area contributed by atoms with Crippen LogP contribution in [0, 0.1) is 0 Å². The van der Waals surface area contributed by atoms with Gasteiger partial charge in [-0.15, -0.1) is 0 Å². The number of Topliss-reactive ketones (excluding diaryl/α,β-unsaturated/α-hetero) is 1. The summed E-state index contributed by atoms with van der Waals surface area (Å²) in [5.74, 6) is 1.67. The van der Waals surface area contributed by atoms with E-state index in [1.165, 1.54) is 57.1 Å². The number of carbonyl (C=O) groups is 1. The van der Waals surface area contributed by atoms with Gasteiger partial charge in [-0.1, -0.05) is 44.9 Å². The molecule has 0 rings (SSSR count). The number of carbonyl (C=O) groups excluding carboxylic acids is 1. The Balaban J connectivity index is 2.90. The van der Waals surface area contributed by atoms with Gasteiger partial charge in [-0.2, -0.15) is 11.8 Å². The summed E-state index contributed by atoms with van der Waals surface area (Å²) in [5.41, 5.74) is 0. The second-order valence-corrected chi connectivity index (χ2v) is 5.61. The number of hydrogen-bond donors (Lipinski definition) is 0. The number of unbranched alkanes of at least 4 members (excludes halogenated alkanes) is 8. The lowest BCUT2D eigenvalue weighted by Gasteiger charge is -2.01. The minimum absolute atomic E-state index is 0.341. The molecule has 0 heterocycles. The first-order chi connectivity index (χ1) is 7.77. The van der Waals surface area contributed by atoms with Crippen molar-refractivity contribution in [2.24, 2.45) is 0 Å². The van der Waals surface area contributed by atoms with Crippen LogP contribution in [-0.2, 0) is 4.79 Å². The molecular formula is C14H28OS. The van der Waals surface area contributed by atoms with Gasteiger partial charge in [-0.3, -0.25) is 0 Å². The zero-order valence-corrected chi connectivity index (χ0v) is 11.9. The lowest BCUT2D eigenvalue weighted by molar-refractivity contribution is -0.117. The SMILES string of the molecule is CSCCCCCCCCCCCC(C)=O. The van der Waals surface area contributed by atoms with Gasteiger partial charge < -0.3 is 4.79 Å². The van der Waals surface area contributed by atoms with Crippen LogP contribution in [0.2, 0.25) is 0 Å². The maximum Gasteiger partial charge on any atom is 0.129 e. The van der Waals surface area contributed by atoms with Crippen molar-refractivity contribution < 1.29 is 4.79 Å². The van der Waals surface area contributed by atoms with Gasteiger partial charge in [0.15, 0.2) is 0 Å². The molecule has 0 aliphatic heterocycles. The standard InChI is InChI=1S/C14H28OS/c1-14(15)12-10-8-6-4-3-5-7-9-11-13-16-2/h3-13H2,1-2H3. The predicted molar refractivity (Wildman–Crippen MR) is 75.2 cm³/mol. The van der Waals surface area contributed by atoms with E-state index in [0.29, 0.717) is 5.78 Å². The third kappa shape index (κ3) is 14.0. The molecular weight excluding hydrogens is 216 g/mol. The molecule has 0 fully saturated rings. The summed E-state index contributed by atoms with van der Waals surface area (Å²) in [6.07, 6.45) is 15.0. The van der Waals surface area contributed by atoms with Gasteiger partial charge in [-0.05, 0) is 31.8 Å². The van der Waals surface area contributed by atoms with E-state index in [-0.39, 0.29) is 0 Å². The zero-order valence-electron chi connectivity index (χ0n) is 11.1. The predicted octanol–water partition coefficient (Wildman–Crippen LogP) is 4.84. The van der Waals surface area contributed by atoms with Crippen LogP contribution in [0.5, 0.6) is 0 Å². The smallest absolute Gasteiger partial charge is 0.129 e. The first kappa shape index (κ1) is 16.0. The summed E-state index contributed by atoms with van der Waals surface area (Å²) in [6.45, 7) is 1.69. The van der Waals surface area contributed by atoms with Crippen LogP contribution >= 0.6 is 11.8 Å². The third-order valence-electron chi connectivity index (χ3n) is 2.88. The van der Waals surface area contributed by atoms with E-state index < -0.39 is 0 Å². The molecule has 0 amide bonds. The van der Waals surface area contributed by atoms with E-state index in [1.54, 1.807) is 6.92 Å². The molecule has 0 saturated heterocycles. The molecule has 0 radical (unpaired) electrons. The molecule has 0 aliphatic carbocycles. The molecule has 1 nitrogen and oxygen atoms in total. The topological polar surface area (TPSA) is 17.1 Å². The highest BCUT2D eigenvalue weighted by Gasteiger charge is 1.94. The van der Waals surface area contributed by atoms with Crippen molar-refractivity contribution in [2.75, 3.05) is 12.0 Å². The fourth-order valence-corrected chi connectivity index (χ4v) is 2.35. The average Bonchev–Trinajstić information content (AvgIpc) is 2.25. The van der Waals surface area contributed by atoms with Crippen LogP contribution in [0.1, 0.15) is 71.1 Å². The van der Waals surface area contributed by atoms with E-state index in [9.17, 15) is 4.79 Å². The van der Waals surface area contributed by atoms with Gasteiger partial charge in [0.2, 0.25) is 0 Å². The lowest BCUT2D eigenvalue weighted by atomic mass is 10.1. The van der Waals surface area contributed by atoms with Crippen molar-refractivity contribution in [1.82, 2.24) is 0 Å². The van der Waals surface area contributed by atoms with Crippen molar-refractivity contribution >= 4 is 17.5 Å². The Bertz CT molecular complexity index is 157. The van der Waals surface area contributed by atoms with Crippen molar-refractivity contribution in [2.45, 2.75) is 71.1 Å². The molecule has 0 aliphatic rings. The fraction of sp³-hybridized carbons (Fsp3) is 0.929. The van der Waals surface area contributed by atoms with Crippen molar-refractivity contribution in [3.05, 3.63) is 0 Å². The van der Waals surface area contributed by atoms with Crippen LogP contribution in [0.25, 0.3) is 0 Å².